The molecule has 0 saturated carbocycles. The van der Waals surface area contributed by atoms with Gasteiger partial charge in [-0.3, -0.25) is 9.98 Å². The van der Waals surface area contributed by atoms with Gasteiger partial charge in [0, 0.05) is 26.1 Å². The van der Waals surface area contributed by atoms with E-state index in [9.17, 15) is 0 Å². The molecule has 1 aliphatic carbocycles. The number of alkyl halides is 1. The first-order valence-electron chi connectivity index (χ1n) is 5.93. The van der Waals surface area contributed by atoms with Crippen molar-refractivity contribution in [3.63, 3.8) is 0 Å². The fourth-order valence-electron chi connectivity index (χ4n) is 2.27. The van der Waals surface area contributed by atoms with Crippen molar-refractivity contribution in [3.05, 3.63) is 51.5 Å². The van der Waals surface area contributed by atoms with Gasteiger partial charge in [-0.1, -0.05) is 29.8 Å². The highest BCUT2D eigenvalue weighted by molar-refractivity contribution is 7.20. The van der Waals surface area contributed by atoms with Crippen LogP contribution < -0.4 is 0 Å². The lowest BCUT2D eigenvalue weighted by Gasteiger charge is -2.13. The first-order valence-corrected chi connectivity index (χ1v) is 7.66. The summed E-state index contributed by atoms with van der Waals surface area (Å²) in [7, 11) is 0. The molecule has 2 nitrogen and oxygen atoms in total. The highest BCUT2D eigenvalue weighted by atomic mass is 35.5. The number of allylic oxidation sites excluding steroid dienone is 2. The van der Waals surface area contributed by atoms with Crippen molar-refractivity contribution in [3.8, 4) is 0 Å². The molecule has 0 unspecified atom stereocenters. The number of thiophene rings is 1. The molecule has 1 heterocycles. The van der Waals surface area contributed by atoms with Crippen molar-refractivity contribution in [2.45, 2.75) is 0 Å². The number of benzene rings is 1. The average molecular weight is 321 g/mol. The molecule has 100 valence electrons. The Morgan fingerprint density at radius 3 is 2.80 bits per heavy atom. The number of halogens is 2. The van der Waals surface area contributed by atoms with E-state index in [2.05, 4.69) is 28.8 Å². The van der Waals surface area contributed by atoms with Gasteiger partial charge in [0.15, 0.2) is 0 Å². The van der Waals surface area contributed by atoms with Crippen LogP contribution in [0.2, 0.25) is 0 Å². The summed E-state index contributed by atoms with van der Waals surface area (Å²) < 4.78 is 1.22. The van der Waals surface area contributed by atoms with E-state index < -0.39 is 0 Å². The maximum Gasteiger partial charge on any atom is 0.137 e. The molecular weight excluding hydrogens is 311 g/mol. The van der Waals surface area contributed by atoms with Crippen LogP contribution in [0.25, 0.3) is 16.2 Å². The Balaban J connectivity index is 2.35. The first-order chi connectivity index (χ1) is 9.76. The van der Waals surface area contributed by atoms with Gasteiger partial charge in [-0.05, 0) is 24.9 Å². The molecule has 2 aromatic rings. The number of hydrogen-bond donors (Lipinski definition) is 0. The van der Waals surface area contributed by atoms with Gasteiger partial charge in [0.05, 0.1) is 5.71 Å². The van der Waals surface area contributed by atoms with Crippen LogP contribution in [-0.2, 0) is 0 Å². The minimum atomic E-state index is 0.178. The molecule has 0 fully saturated rings. The molecule has 0 N–H and O–H groups in total. The van der Waals surface area contributed by atoms with Crippen LogP contribution in [0.5, 0.6) is 0 Å². The molecule has 0 atom stereocenters. The third-order valence-electron chi connectivity index (χ3n) is 3.09. The Hall–Kier alpha value is -1.42. The van der Waals surface area contributed by atoms with Gasteiger partial charge in [0.2, 0.25) is 0 Å². The summed E-state index contributed by atoms with van der Waals surface area (Å²) in [5.41, 5.74) is 2.62. The molecule has 0 spiro atoms. The normalized spacial score (nSPS) is 18.4. The van der Waals surface area contributed by atoms with Gasteiger partial charge in [-0.15, -0.1) is 22.9 Å². The summed E-state index contributed by atoms with van der Waals surface area (Å²) in [5.74, 6) is 0. The topological polar surface area (TPSA) is 24.7 Å². The number of fused-ring (bicyclic) bond motifs is 3. The molecule has 3 rings (SSSR count). The second kappa shape index (κ2) is 5.52. The van der Waals surface area contributed by atoms with Gasteiger partial charge in [-0.2, -0.15) is 0 Å². The highest BCUT2D eigenvalue weighted by Crippen LogP contribution is 2.38. The molecule has 0 bridgehead atoms. The van der Waals surface area contributed by atoms with E-state index in [1.807, 2.05) is 24.3 Å². The van der Waals surface area contributed by atoms with E-state index in [1.54, 1.807) is 11.3 Å². The van der Waals surface area contributed by atoms with E-state index in [4.69, 9.17) is 23.2 Å². The van der Waals surface area contributed by atoms with Crippen molar-refractivity contribution in [1.82, 2.24) is 0 Å². The SMILES string of the molecule is C=N/C(Cl)=C1/C=Cc2sc3ccccc3c2/C1=N/CCl. The van der Waals surface area contributed by atoms with Crippen LogP contribution in [-0.4, -0.2) is 18.4 Å². The molecule has 0 saturated heterocycles. The first kappa shape index (κ1) is 13.6. The lowest BCUT2D eigenvalue weighted by Crippen LogP contribution is -2.09. The van der Waals surface area contributed by atoms with E-state index >= 15 is 0 Å². The largest absolute Gasteiger partial charge is 0.268 e. The summed E-state index contributed by atoms with van der Waals surface area (Å²) in [5, 5.41) is 1.50. The summed E-state index contributed by atoms with van der Waals surface area (Å²) in [6, 6.07) is 8.41. The van der Waals surface area contributed by atoms with Crippen molar-refractivity contribution >= 4 is 63.1 Å². The predicted molar refractivity (Wildman–Crippen MR) is 90.5 cm³/mol. The lowest BCUT2D eigenvalue weighted by atomic mass is 9.95. The quantitative estimate of drug-likeness (QED) is 0.419. The molecule has 1 aliphatic rings. The zero-order valence-corrected chi connectivity index (χ0v) is 12.8. The van der Waals surface area contributed by atoms with Crippen LogP contribution in [0.15, 0.2) is 51.1 Å². The Morgan fingerprint density at radius 2 is 2.05 bits per heavy atom. The Morgan fingerprint density at radius 1 is 1.25 bits per heavy atom. The molecule has 0 radical (unpaired) electrons. The molecule has 5 heteroatoms. The van der Waals surface area contributed by atoms with Gasteiger partial charge in [0.25, 0.3) is 0 Å². The fraction of sp³-hybridized carbons (Fsp3) is 0.0667. The lowest BCUT2D eigenvalue weighted by molar-refractivity contribution is 1.34. The zero-order chi connectivity index (χ0) is 14.1. The standard InChI is InChI=1S/C15H10Cl2N2S/c1-18-15(17)10-6-7-12-13(14(10)19-8-16)9-4-2-3-5-11(9)20-12/h2-7H,1,8H2/b15-10-,19-14+. The number of rotatable bonds is 2. The summed E-state index contributed by atoms with van der Waals surface area (Å²) in [6.45, 7) is 3.48. The molecule has 1 aromatic heterocycles. The van der Waals surface area contributed by atoms with E-state index in [0.717, 1.165) is 27.1 Å². The third kappa shape index (κ3) is 2.12. The smallest absolute Gasteiger partial charge is 0.137 e. The minimum absolute atomic E-state index is 0.178. The van der Waals surface area contributed by atoms with Crippen molar-refractivity contribution in [2.75, 3.05) is 6.00 Å². The molecule has 1 aromatic carbocycles. The van der Waals surface area contributed by atoms with E-state index in [-0.39, 0.29) is 6.00 Å². The van der Waals surface area contributed by atoms with Crippen LogP contribution >= 0.6 is 34.5 Å². The van der Waals surface area contributed by atoms with Gasteiger partial charge in [-0.25, -0.2) is 0 Å². The Labute approximate surface area is 130 Å². The van der Waals surface area contributed by atoms with Crippen molar-refractivity contribution in [1.29, 1.82) is 0 Å². The van der Waals surface area contributed by atoms with Gasteiger partial charge < -0.3 is 0 Å². The van der Waals surface area contributed by atoms with Crippen LogP contribution in [0, 0.1) is 0 Å². The average Bonchev–Trinajstić information content (AvgIpc) is 2.86. The Kier molecular flexibility index (Phi) is 3.74. The monoisotopic (exact) mass is 320 g/mol. The maximum absolute atomic E-state index is 6.14. The van der Waals surface area contributed by atoms with Crippen LogP contribution in [0.1, 0.15) is 10.4 Å². The number of nitrogens with zero attached hydrogens (tertiary/aromatic N) is 2. The van der Waals surface area contributed by atoms with Gasteiger partial charge >= 0.3 is 0 Å². The Bertz CT molecular complexity index is 784. The highest BCUT2D eigenvalue weighted by Gasteiger charge is 2.23. The molecule has 0 aliphatic heterocycles. The summed E-state index contributed by atoms with van der Waals surface area (Å²) in [6.07, 6.45) is 3.95. The second-order valence-electron chi connectivity index (χ2n) is 4.16. The third-order valence-corrected chi connectivity index (χ3v) is 4.67. The zero-order valence-electron chi connectivity index (χ0n) is 10.4. The van der Waals surface area contributed by atoms with Crippen LogP contribution in [0.4, 0.5) is 0 Å². The van der Waals surface area contributed by atoms with E-state index in [1.165, 1.54) is 4.70 Å². The maximum atomic E-state index is 6.14. The van der Waals surface area contributed by atoms with Crippen molar-refractivity contribution in [2.24, 2.45) is 9.98 Å². The van der Waals surface area contributed by atoms with Crippen LogP contribution in [0.3, 0.4) is 0 Å². The molecular formula is C15H10Cl2N2S. The van der Waals surface area contributed by atoms with Gasteiger partial charge in [0.1, 0.15) is 11.2 Å². The number of aliphatic imine (C=N–C) groups is 2. The van der Waals surface area contributed by atoms with Crippen molar-refractivity contribution < 1.29 is 0 Å². The fourth-order valence-corrected chi connectivity index (χ4v) is 3.65. The molecule has 0 amide bonds. The second-order valence-corrected chi connectivity index (χ2v) is 5.84. The predicted octanol–water partition coefficient (Wildman–Crippen LogP) is 5.06. The minimum Gasteiger partial charge on any atom is -0.268 e. The molecule has 20 heavy (non-hydrogen) atoms. The summed E-state index contributed by atoms with van der Waals surface area (Å²) >= 11 is 13.7. The number of hydrogen-bond acceptors (Lipinski definition) is 3. The van der Waals surface area contributed by atoms with E-state index in [0.29, 0.717) is 5.16 Å². The summed E-state index contributed by atoms with van der Waals surface area (Å²) in [4.78, 5) is 9.37.